The summed E-state index contributed by atoms with van der Waals surface area (Å²) in [5, 5.41) is 0.863. The first-order valence-electron chi connectivity index (χ1n) is 10.4. The molecule has 0 amide bonds. The number of halogens is 6. The number of hydrogen-bond donors (Lipinski definition) is 0. The fraction of sp³-hybridized carbons (Fsp3) is 0. The lowest BCUT2D eigenvalue weighted by Gasteiger charge is -2.30. The van der Waals surface area contributed by atoms with Gasteiger partial charge in [0.2, 0.25) is 0 Å². The van der Waals surface area contributed by atoms with E-state index in [0.29, 0.717) is 11.3 Å². The van der Waals surface area contributed by atoms with Crippen LogP contribution >= 0.6 is 70.0 Å². The molecule has 5 rings (SSSR count). The number of carbonyl (C=O) groups excluding carboxylic acids is 2. The van der Waals surface area contributed by atoms with Gasteiger partial charge in [-0.3, -0.25) is 9.59 Å². The topological polar surface area (TPSA) is 40.6 Å². The number of fused-ring (bicyclic) bond motifs is 2. The molecule has 0 spiro atoms. The standard InChI is InChI=1S/C26H12Cl6N2O2/c27-16-7-3-9-18(22(16)29)33(31)20-12-11-15-21(26(36)14-6-2-1-5-13(14)25(15)35)24(20)34(32)19-10-4-8-17(28)23(19)30/h1-12H. The first-order valence-corrected chi connectivity index (χ1v) is 12.6. The van der Waals surface area contributed by atoms with Crippen LogP contribution in [0.3, 0.4) is 0 Å². The van der Waals surface area contributed by atoms with Crippen molar-refractivity contribution in [3.8, 4) is 0 Å². The van der Waals surface area contributed by atoms with Crippen LogP contribution in [0.15, 0.2) is 72.8 Å². The molecule has 0 N–H and O–H groups in total. The zero-order valence-electron chi connectivity index (χ0n) is 17.9. The van der Waals surface area contributed by atoms with Crippen molar-refractivity contribution in [1.29, 1.82) is 0 Å². The molecule has 10 heteroatoms. The summed E-state index contributed by atoms with van der Waals surface area (Å²) in [5.74, 6) is -0.722. The Labute approximate surface area is 236 Å². The predicted molar refractivity (Wildman–Crippen MR) is 149 cm³/mol. The van der Waals surface area contributed by atoms with E-state index < -0.39 is 5.78 Å². The lowest BCUT2D eigenvalue weighted by atomic mass is 9.82. The molecule has 0 bridgehead atoms. The molecule has 4 aromatic carbocycles. The highest BCUT2D eigenvalue weighted by Gasteiger charge is 2.36. The van der Waals surface area contributed by atoms with Crippen molar-refractivity contribution >= 4 is 104 Å². The molecule has 4 nitrogen and oxygen atoms in total. The van der Waals surface area contributed by atoms with Gasteiger partial charge in [-0.1, -0.05) is 82.8 Å². The Hall–Kier alpha value is -2.44. The van der Waals surface area contributed by atoms with Crippen molar-refractivity contribution < 1.29 is 9.59 Å². The molecule has 180 valence electrons. The van der Waals surface area contributed by atoms with Crippen molar-refractivity contribution in [3.05, 3.63) is 115 Å². The monoisotopic (exact) mass is 594 g/mol. The van der Waals surface area contributed by atoms with Gasteiger partial charge in [0.05, 0.1) is 48.4 Å². The van der Waals surface area contributed by atoms with Gasteiger partial charge in [-0.15, -0.1) is 0 Å². The normalized spacial score (nSPS) is 12.3. The van der Waals surface area contributed by atoms with Crippen molar-refractivity contribution in [1.82, 2.24) is 0 Å². The zero-order chi connectivity index (χ0) is 25.7. The van der Waals surface area contributed by atoms with Crippen LogP contribution in [0.4, 0.5) is 22.7 Å². The Balaban J connectivity index is 1.82. The van der Waals surface area contributed by atoms with Gasteiger partial charge in [0.1, 0.15) is 0 Å². The molecule has 1 aliphatic rings. The third-order valence-corrected chi connectivity index (χ3v) is 8.07. The summed E-state index contributed by atoms with van der Waals surface area (Å²) in [6, 6.07) is 19.5. The molecule has 0 saturated carbocycles. The molecule has 0 radical (unpaired) electrons. The molecule has 0 saturated heterocycles. The Morgan fingerprint density at radius 3 is 1.61 bits per heavy atom. The molecule has 36 heavy (non-hydrogen) atoms. The first kappa shape index (κ1) is 25.2. The number of anilines is 4. The summed E-state index contributed by atoms with van der Waals surface area (Å²) in [7, 11) is 0. The second-order valence-electron chi connectivity index (χ2n) is 7.77. The Kier molecular flexibility index (Phi) is 6.86. The maximum atomic E-state index is 13.8. The van der Waals surface area contributed by atoms with Gasteiger partial charge in [0, 0.05) is 40.2 Å². The molecule has 0 fully saturated rings. The van der Waals surface area contributed by atoms with Gasteiger partial charge in [0.25, 0.3) is 0 Å². The lowest BCUT2D eigenvalue weighted by molar-refractivity contribution is 0.0979. The third kappa shape index (κ3) is 4.03. The van der Waals surface area contributed by atoms with Gasteiger partial charge < -0.3 is 0 Å². The van der Waals surface area contributed by atoms with Crippen molar-refractivity contribution in [3.63, 3.8) is 0 Å². The minimum Gasteiger partial charge on any atom is -0.289 e. The van der Waals surface area contributed by atoms with Crippen LogP contribution in [0.25, 0.3) is 0 Å². The number of nitrogens with zero attached hydrogens (tertiary/aromatic N) is 2. The van der Waals surface area contributed by atoms with E-state index in [4.69, 9.17) is 70.0 Å². The molecule has 0 aromatic heterocycles. The van der Waals surface area contributed by atoms with E-state index in [1.54, 1.807) is 66.7 Å². The summed E-state index contributed by atoms with van der Waals surface area (Å²) in [6.07, 6.45) is 0. The fourth-order valence-electron chi connectivity index (χ4n) is 4.05. The summed E-state index contributed by atoms with van der Waals surface area (Å²) in [6.45, 7) is 0. The van der Waals surface area contributed by atoms with Crippen LogP contribution in [0.2, 0.25) is 20.1 Å². The molecule has 0 atom stereocenters. The van der Waals surface area contributed by atoms with E-state index >= 15 is 0 Å². The Bertz CT molecular complexity index is 1570. The van der Waals surface area contributed by atoms with Crippen LogP contribution in [0, 0.1) is 0 Å². The minimum absolute atomic E-state index is 0.0612. The van der Waals surface area contributed by atoms with Crippen LogP contribution in [0.5, 0.6) is 0 Å². The van der Waals surface area contributed by atoms with E-state index in [9.17, 15) is 9.59 Å². The van der Waals surface area contributed by atoms with E-state index in [-0.39, 0.29) is 59.6 Å². The lowest BCUT2D eigenvalue weighted by Crippen LogP contribution is -2.24. The SMILES string of the molecule is O=C1c2ccccc2C(=O)c2c1ccc(N(Cl)c1cccc(Cl)c1Cl)c2N(Cl)c1cccc(Cl)c1Cl. The molecule has 1 aliphatic carbocycles. The molecule has 4 aromatic rings. The Morgan fingerprint density at radius 2 is 1.03 bits per heavy atom. The smallest absolute Gasteiger partial charge is 0.196 e. The van der Waals surface area contributed by atoms with E-state index in [2.05, 4.69) is 0 Å². The highest BCUT2D eigenvalue weighted by Crippen LogP contribution is 2.49. The number of benzene rings is 4. The highest BCUT2D eigenvalue weighted by molar-refractivity contribution is 6.47. The summed E-state index contributed by atoms with van der Waals surface area (Å²) >= 11 is 39.0. The molecule has 0 unspecified atom stereocenters. The van der Waals surface area contributed by atoms with E-state index in [0.717, 1.165) is 4.42 Å². The highest BCUT2D eigenvalue weighted by atomic mass is 35.5. The van der Waals surface area contributed by atoms with E-state index in [1.807, 2.05) is 0 Å². The van der Waals surface area contributed by atoms with Crippen LogP contribution < -0.4 is 8.84 Å². The maximum Gasteiger partial charge on any atom is 0.196 e. The van der Waals surface area contributed by atoms with Crippen molar-refractivity contribution in [2.45, 2.75) is 0 Å². The largest absolute Gasteiger partial charge is 0.289 e. The number of ketones is 2. The fourth-order valence-corrected chi connectivity index (χ4v) is 5.49. The second kappa shape index (κ2) is 9.79. The predicted octanol–water partition coefficient (Wildman–Crippen LogP) is 9.66. The molecule has 0 heterocycles. The summed E-state index contributed by atoms with van der Waals surface area (Å²) < 4.78 is 2.38. The number of carbonyl (C=O) groups is 2. The first-order chi connectivity index (χ1) is 17.2. The average Bonchev–Trinajstić information content (AvgIpc) is 2.89. The number of rotatable bonds is 4. The van der Waals surface area contributed by atoms with Crippen molar-refractivity contribution in [2.75, 3.05) is 8.84 Å². The molecular weight excluding hydrogens is 585 g/mol. The van der Waals surface area contributed by atoms with Gasteiger partial charge >= 0.3 is 0 Å². The van der Waals surface area contributed by atoms with Gasteiger partial charge in [-0.05, 0) is 36.4 Å². The average molecular weight is 597 g/mol. The minimum atomic E-state index is -0.400. The molecule has 0 aliphatic heterocycles. The van der Waals surface area contributed by atoms with Gasteiger partial charge in [-0.25, -0.2) is 8.84 Å². The number of hydrogen-bond acceptors (Lipinski definition) is 4. The maximum absolute atomic E-state index is 13.8. The summed E-state index contributed by atoms with van der Waals surface area (Å²) in [5.41, 5.74) is 1.78. The zero-order valence-corrected chi connectivity index (χ0v) is 22.4. The van der Waals surface area contributed by atoms with Gasteiger partial charge in [-0.2, -0.15) is 0 Å². The second-order valence-corrected chi connectivity index (χ2v) is 10.0. The quantitative estimate of drug-likeness (QED) is 0.194. The van der Waals surface area contributed by atoms with Crippen LogP contribution in [-0.4, -0.2) is 11.6 Å². The van der Waals surface area contributed by atoms with Crippen LogP contribution in [0.1, 0.15) is 31.8 Å². The van der Waals surface area contributed by atoms with Gasteiger partial charge in [0.15, 0.2) is 11.6 Å². The van der Waals surface area contributed by atoms with E-state index in [1.165, 1.54) is 10.5 Å². The van der Waals surface area contributed by atoms with Crippen LogP contribution in [-0.2, 0) is 0 Å². The summed E-state index contributed by atoms with van der Waals surface area (Å²) in [4.78, 5) is 27.2. The van der Waals surface area contributed by atoms with Crippen molar-refractivity contribution in [2.24, 2.45) is 0 Å². The Morgan fingerprint density at radius 1 is 0.500 bits per heavy atom. The third-order valence-electron chi connectivity index (χ3n) is 5.74. The molecular formula is C26H12Cl6N2O2.